The molecule has 0 heterocycles. The van der Waals surface area contributed by atoms with Crippen molar-refractivity contribution in [1.82, 2.24) is 0 Å². The van der Waals surface area contributed by atoms with Crippen molar-refractivity contribution in [2.24, 2.45) is 11.8 Å². The first-order valence-corrected chi connectivity index (χ1v) is 11.4. The topological polar surface area (TPSA) is 9.23 Å². The van der Waals surface area contributed by atoms with Gasteiger partial charge in [-0.3, -0.25) is 0 Å². The highest BCUT2D eigenvalue weighted by atomic mass is 19.3. The molecule has 2 aliphatic rings. The largest absolute Gasteiger partial charge is 0.378 e. The van der Waals surface area contributed by atoms with Crippen LogP contribution in [0, 0.1) is 11.8 Å². The lowest BCUT2D eigenvalue weighted by Crippen LogP contribution is -2.28. The molecule has 1 aromatic carbocycles. The normalized spacial score (nSPS) is 28.1. The molecule has 0 bridgehead atoms. The van der Waals surface area contributed by atoms with Gasteiger partial charge >= 0.3 is 0 Å². The first-order chi connectivity index (χ1) is 13.7. The third-order valence-electron chi connectivity index (χ3n) is 6.94. The molecule has 1 aromatic rings. The second-order valence-electron chi connectivity index (χ2n) is 8.83. The zero-order valence-electron chi connectivity index (χ0n) is 17.3. The molecule has 3 heteroatoms. The predicted octanol–water partition coefficient (Wildman–Crippen LogP) is 7.96. The van der Waals surface area contributed by atoms with Gasteiger partial charge in [0, 0.05) is 12.7 Å². The summed E-state index contributed by atoms with van der Waals surface area (Å²) >= 11 is 0. The lowest BCUT2D eigenvalue weighted by Gasteiger charge is -2.38. The fourth-order valence-electron chi connectivity index (χ4n) is 5.24. The Bertz CT molecular complexity index is 589. The maximum atomic E-state index is 12.4. The number of hydrogen-bond acceptors (Lipinski definition) is 1. The number of unbranched alkanes of at least 4 members (excludes halogenated alkanes) is 2. The monoisotopic (exact) mass is 390 g/mol. The first kappa shape index (κ1) is 21.5. The molecule has 2 saturated carbocycles. The zero-order valence-corrected chi connectivity index (χ0v) is 17.3. The van der Waals surface area contributed by atoms with E-state index in [9.17, 15) is 8.78 Å². The minimum absolute atomic E-state index is 0.506. The number of ether oxygens (including phenoxy) is 1. The number of hydrogen-bond donors (Lipinski definition) is 0. The van der Waals surface area contributed by atoms with Crippen LogP contribution in [0.5, 0.6) is 0 Å². The molecule has 2 fully saturated rings. The first-order valence-electron chi connectivity index (χ1n) is 11.4. The van der Waals surface area contributed by atoms with Gasteiger partial charge in [-0.05, 0) is 86.7 Å². The van der Waals surface area contributed by atoms with Gasteiger partial charge in [0.15, 0.2) is 0 Å². The van der Waals surface area contributed by atoms with Gasteiger partial charge in [-0.2, -0.15) is 8.78 Å². The summed E-state index contributed by atoms with van der Waals surface area (Å²) in [5.41, 5.74) is 1.91. The summed E-state index contributed by atoms with van der Waals surface area (Å²) in [6, 6.07) is 7.73. The van der Waals surface area contributed by atoms with Crippen molar-refractivity contribution < 1.29 is 13.5 Å². The molecule has 156 valence electrons. The van der Waals surface area contributed by atoms with E-state index >= 15 is 0 Å². The van der Waals surface area contributed by atoms with Gasteiger partial charge in [0.25, 0.3) is 6.08 Å². The van der Waals surface area contributed by atoms with E-state index in [1.165, 1.54) is 76.2 Å². The Morgan fingerprint density at radius 1 is 0.893 bits per heavy atom. The van der Waals surface area contributed by atoms with E-state index in [1.807, 2.05) is 24.3 Å². The average molecular weight is 391 g/mol. The Labute approximate surface area is 169 Å². The van der Waals surface area contributed by atoms with Crippen molar-refractivity contribution in [1.29, 1.82) is 0 Å². The van der Waals surface area contributed by atoms with E-state index in [4.69, 9.17) is 4.74 Å². The average Bonchev–Trinajstić information content (AvgIpc) is 2.72. The molecular weight excluding hydrogens is 354 g/mol. The predicted molar refractivity (Wildman–Crippen MR) is 113 cm³/mol. The van der Waals surface area contributed by atoms with Gasteiger partial charge in [0.2, 0.25) is 0 Å². The summed E-state index contributed by atoms with van der Waals surface area (Å²) in [7, 11) is 0. The van der Waals surface area contributed by atoms with E-state index < -0.39 is 6.08 Å². The molecule has 28 heavy (non-hydrogen) atoms. The van der Waals surface area contributed by atoms with Crippen molar-refractivity contribution in [3.8, 4) is 0 Å². The molecule has 0 spiro atoms. The van der Waals surface area contributed by atoms with Crippen molar-refractivity contribution in [2.75, 3.05) is 6.61 Å². The van der Waals surface area contributed by atoms with Crippen LogP contribution < -0.4 is 0 Å². The summed E-state index contributed by atoms with van der Waals surface area (Å²) < 4.78 is 30.8. The maximum Gasteiger partial charge on any atom is 0.270 e. The molecule has 0 N–H and O–H groups in total. The van der Waals surface area contributed by atoms with Crippen LogP contribution in [-0.2, 0) is 4.74 Å². The second-order valence-corrected chi connectivity index (χ2v) is 8.83. The summed E-state index contributed by atoms with van der Waals surface area (Å²) in [5, 5.41) is 0. The summed E-state index contributed by atoms with van der Waals surface area (Å²) in [5.74, 6) is 2.36. The van der Waals surface area contributed by atoms with Crippen LogP contribution in [0.4, 0.5) is 8.78 Å². The van der Waals surface area contributed by atoms with Crippen LogP contribution in [0.1, 0.15) is 94.6 Å². The lowest BCUT2D eigenvalue weighted by molar-refractivity contribution is 0.00636. The molecular formula is C25H36F2O. The molecule has 0 atom stereocenters. The van der Waals surface area contributed by atoms with Crippen LogP contribution in [0.25, 0.3) is 6.08 Å². The Morgan fingerprint density at radius 3 is 2.07 bits per heavy atom. The number of rotatable bonds is 8. The van der Waals surface area contributed by atoms with Crippen molar-refractivity contribution in [3.05, 3.63) is 41.5 Å². The molecule has 0 unspecified atom stereocenters. The summed E-state index contributed by atoms with van der Waals surface area (Å²) in [4.78, 5) is 0. The van der Waals surface area contributed by atoms with Gasteiger partial charge in [0.1, 0.15) is 0 Å². The van der Waals surface area contributed by atoms with Crippen LogP contribution in [-0.4, -0.2) is 12.7 Å². The highest BCUT2D eigenvalue weighted by Gasteiger charge is 2.31. The third kappa shape index (κ3) is 6.40. The van der Waals surface area contributed by atoms with Gasteiger partial charge in [0.05, 0.1) is 6.10 Å². The van der Waals surface area contributed by atoms with Crippen LogP contribution in [0.3, 0.4) is 0 Å². The lowest BCUT2D eigenvalue weighted by atomic mass is 9.69. The van der Waals surface area contributed by atoms with Gasteiger partial charge in [-0.1, -0.05) is 44.0 Å². The molecule has 0 saturated heterocycles. The van der Waals surface area contributed by atoms with E-state index in [2.05, 4.69) is 6.92 Å². The minimum Gasteiger partial charge on any atom is -0.378 e. The second kappa shape index (κ2) is 11.1. The fraction of sp³-hybridized carbons (Fsp3) is 0.680. The number of benzene rings is 1. The smallest absolute Gasteiger partial charge is 0.270 e. The van der Waals surface area contributed by atoms with E-state index in [1.54, 1.807) is 0 Å². The van der Waals surface area contributed by atoms with Gasteiger partial charge in [-0.15, -0.1) is 0 Å². The molecule has 3 rings (SSSR count). The van der Waals surface area contributed by atoms with Gasteiger partial charge < -0.3 is 4.74 Å². The van der Waals surface area contributed by atoms with E-state index in [0.29, 0.717) is 17.6 Å². The van der Waals surface area contributed by atoms with Crippen molar-refractivity contribution in [3.63, 3.8) is 0 Å². The molecule has 0 radical (unpaired) electrons. The quantitative estimate of drug-likeness (QED) is 0.409. The fourth-order valence-corrected chi connectivity index (χ4v) is 5.24. The van der Waals surface area contributed by atoms with Crippen LogP contribution in [0.15, 0.2) is 30.3 Å². The molecule has 0 aromatic heterocycles. The van der Waals surface area contributed by atoms with Crippen molar-refractivity contribution in [2.45, 2.75) is 89.6 Å². The standard InChI is InChI=1S/C25H36F2O/c1-2-3-4-17-28-24-15-13-23(14-16-24)22-11-9-21(10-12-22)20-7-5-19(6-8-20)18-25(26)27/h5-8,18,21-24H,2-4,9-17H2,1H3/t21-,22-,23-,24-. The zero-order chi connectivity index (χ0) is 19.8. The molecule has 2 aliphatic carbocycles. The Balaban J connectivity index is 1.39. The Kier molecular flexibility index (Phi) is 8.51. The highest BCUT2D eigenvalue weighted by Crippen LogP contribution is 2.43. The molecule has 0 aliphatic heterocycles. The Morgan fingerprint density at radius 2 is 1.50 bits per heavy atom. The molecule has 1 nitrogen and oxygen atoms in total. The van der Waals surface area contributed by atoms with Crippen molar-refractivity contribution >= 4 is 6.08 Å². The van der Waals surface area contributed by atoms with E-state index in [0.717, 1.165) is 24.5 Å². The maximum absolute atomic E-state index is 12.4. The Hall–Kier alpha value is -1.22. The van der Waals surface area contributed by atoms with E-state index in [-0.39, 0.29) is 0 Å². The third-order valence-corrected chi connectivity index (χ3v) is 6.94. The number of halogens is 2. The van der Waals surface area contributed by atoms with Crippen LogP contribution in [0.2, 0.25) is 0 Å². The highest BCUT2D eigenvalue weighted by molar-refractivity contribution is 5.50. The minimum atomic E-state index is -1.63. The van der Waals surface area contributed by atoms with Crippen LogP contribution >= 0.6 is 0 Å². The molecule has 0 amide bonds. The summed E-state index contributed by atoms with van der Waals surface area (Å²) in [6.07, 6.45) is 13.8. The van der Waals surface area contributed by atoms with Gasteiger partial charge in [-0.25, -0.2) is 0 Å². The SMILES string of the molecule is CCCCCO[C@H]1CC[C@H]([C@H]2CC[C@H](c3ccc(C=C(F)F)cc3)CC2)CC1. The summed E-state index contributed by atoms with van der Waals surface area (Å²) in [6.45, 7) is 3.18.